The Labute approximate surface area is 171 Å². The maximum atomic E-state index is 11.5. The molecule has 1 heterocycles. The number of ether oxygens (including phenoxy) is 3. The Morgan fingerprint density at radius 1 is 1.34 bits per heavy atom. The van der Waals surface area contributed by atoms with Crippen molar-refractivity contribution < 1.29 is 28.9 Å². The Morgan fingerprint density at radius 3 is 2.90 bits per heavy atom. The molecule has 3 aliphatic rings. The zero-order chi connectivity index (χ0) is 20.9. The second kappa shape index (κ2) is 9.48. The van der Waals surface area contributed by atoms with Crippen LogP contribution in [0.5, 0.6) is 5.75 Å². The molecule has 1 saturated carbocycles. The molecular weight excluding hydrogens is 374 g/mol. The molecule has 1 aliphatic heterocycles. The van der Waals surface area contributed by atoms with Crippen molar-refractivity contribution in [3.8, 4) is 5.75 Å². The first-order chi connectivity index (χ1) is 14.0. The van der Waals surface area contributed by atoms with Crippen molar-refractivity contribution in [2.45, 2.75) is 69.9 Å². The molecule has 7 nitrogen and oxygen atoms in total. The minimum absolute atomic E-state index is 0.120. The largest absolute Gasteiger partial charge is 0.511 e. The van der Waals surface area contributed by atoms with Gasteiger partial charge in [-0.1, -0.05) is 18.9 Å². The Hall–Kier alpha value is -2.28. The molecule has 2 bridgehead atoms. The van der Waals surface area contributed by atoms with Crippen LogP contribution < -0.4 is 10.1 Å². The fourth-order valence-corrected chi connectivity index (χ4v) is 5.37. The second-order valence-electron chi connectivity index (χ2n) is 8.27. The van der Waals surface area contributed by atoms with E-state index in [4.69, 9.17) is 24.1 Å². The minimum atomic E-state index is -0.690. The van der Waals surface area contributed by atoms with Gasteiger partial charge in [0.1, 0.15) is 5.75 Å². The Morgan fingerprint density at radius 2 is 2.14 bits per heavy atom. The molecule has 4 rings (SSSR count). The van der Waals surface area contributed by atoms with E-state index in [9.17, 15) is 4.79 Å². The van der Waals surface area contributed by atoms with Crippen LogP contribution in [0, 0.1) is 5.92 Å². The van der Waals surface area contributed by atoms with Crippen molar-refractivity contribution in [3.63, 3.8) is 0 Å². The van der Waals surface area contributed by atoms with Gasteiger partial charge in [0.05, 0.1) is 6.10 Å². The Balaban J connectivity index is 0.000000755. The topological polar surface area (TPSA) is 94.1 Å². The number of hydrogen-bond donors (Lipinski definition) is 2. The molecule has 1 aromatic carbocycles. The predicted octanol–water partition coefficient (Wildman–Crippen LogP) is 3.63. The van der Waals surface area contributed by atoms with Gasteiger partial charge in [-0.05, 0) is 75.3 Å². The lowest BCUT2D eigenvalue weighted by Gasteiger charge is -2.56. The molecule has 0 unspecified atom stereocenters. The van der Waals surface area contributed by atoms with E-state index in [1.54, 1.807) is 13.8 Å². The van der Waals surface area contributed by atoms with Gasteiger partial charge in [0.15, 0.2) is 0 Å². The molecule has 1 aromatic rings. The number of rotatable bonds is 4. The molecule has 7 heteroatoms. The van der Waals surface area contributed by atoms with Crippen LogP contribution in [0.3, 0.4) is 0 Å². The van der Waals surface area contributed by atoms with Crippen molar-refractivity contribution in [2.75, 3.05) is 13.3 Å². The van der Waals surface area contributed by atoms with E-state index >= 15 is 0 Å². The van der Waals surface area contributed by atoms with Gasteiger partial charge < -0.3 is 24.6 Å². The maximum absolute atomic E-state index is 11.5. The molecule has 0 radical (unpaired) electrons. The van der Waals surface area contributed by atoms with E-state index in [-0.39, 0.29) is 19.4 Å². The molecule has 160 valence electrons. The van der Waals surface area contributed by atoms with Gasteiger partial charge in [-0.3, -0.25) is 4.79 Å². The van der Waals surface area contributed by atoms with E-state index in [1.165, 1.54) is 43.2 Å². The number of carbonyl (C=O) groups excluding carboxylic acids is 1. The van der Waals surface area contributed by atoms with Crippen LogP contribution in [-0.2, 0) is 26.1 Å². The number of benzene rings is 1. The van der Waals surface area contributed by atoms with Gasteiger partial charge in [-0.2, -0.15) is 0 Å². The summed E-state index contributed by atoms with van der Waals surface area (Å²) in [6, 6.07) is 7.01. The second-order valence-corrected chi connectivity index (χ2v) is 8.27. The first-order valence-corrected chi connectivity index (χ1v) is 10.4. The van der Waals surface area contributed by atoms with Crippen molar-refractivity contribution in [1.29, 1.82) is 0 Å². The molecule has 3 atom stereocenters. The standard InChI is InChI=1S/C21H29NO4.CH2O2/c1-14(2)26-20(23)25-13-24-16-7-6-15-11-19-17-5-3-4-8-21(17,9-10-22-19)18(15)12-16;2-1-3/h6-7,12,14,17,19,22H,3-5,8-11,13H2,1-2H3;1H,(H,2,3)/t17-,19+,21+;/m1./s1. The summed E-state index contributed by atoms with van der Waals surface area (Å²) in [4.78, 5) is 19.8. The van der Waals surface area contributed by atoms with Gasteiger partial charge in [0.2, 0.25) is 6.79 Å². The predicted molar refractivity (Wildman–Crippen MR) is 107 cm³/mol. The summed E-state index contributed by atoms with van der Waals surface area (Å²) in [5.74, 6) is 1.52. The summed E-state index contributed by atoms with van der Waals surface area (Å²) < 4.78 is 15.6. The number of hydrogen-bond acceptors (Lipinski definition) is 6. The fourth-order valence-electron chi connectivity index (χ4n) is 5.37. The number of carboxylic acid groups (broad SMARTS) is 1. The third kappa shape index (κ3) is 4.66. The first-order valence-electron chi connectivity index (χ1n) is 10.4. The van der Waals surface area contributed by atoms with Crippen LogP contribution in [0.2, 0.25) is 0 Å². The van der Waals surface area contributed by atoms with Crippen molar-refractivity contribution in [2.24, 2.45) is 5.92 Å². The molecule has 2 fully saturated rings. The number of carbonyl (C=O) groups is 2. The van der Waals surface area contributed by atoms with Crippen LogP contribution in [0.4, 0.5) is 4.79 Å². The molecule has 29 heavy (non-hydrogen) atoms. The van der Waals surface area contributed by atoms with Crippen LogP contribution in [0.15, 0.2) is 18.2 Å². The van der Waals surface area contributed by atoms with Gasteiger partial charge in [0.25, 0.3) is 6.47 Å². The zero-order valence-corrected chi connectivity index (χ0v) is 17.2. The quantitative estimate of drug-likeness (QED) is 0.449. The molecule has 0 aromatic heterocycles. The zero-order valence-electron chi connectivity index (χ0n) is 17.2. The van der Waals surface area contributed by atoms with Crippen LogP contribution >= 0.6 is 0 Å². The van der Waals surface area contributed by atoms with Crippen molar-refractivity contribution in [1.82, 2.24) is 5.32 Å². The summed E-state index contributed by atoms with van der Waals surface area (Å²) in [7, 11) is 0. The third-order valence-electron chi connectivity index (χ3n) is 6.35. The lowest BCUT2D eigenvalue weighted by Crippen LogP contribution is -2.59. The van der Waals surface area contributed by atoms with E-state index < -0.39 is 6.16 Å². The summed E-state index contributed by atoms with van der Waals surface area (Å²) in [5.41, 5.74) is 3.23. The van der Waals surface area contributed by atoms with Crippen molar-refractivity contribution in [3.05, 3.63) is 29.3 Å². The smallest absolute Gasteiger partial charge is 0.483 e. The summed E-state index contributed by atoms with van der Waals surface area (Å²) in [5, 5.41) is 10.6. The highest BCUT2D eigenvalue weighted by Crippen LogP contribution is 2.54. The van der Waals surface area contributed by atoms with Crippen LogP contribution in [-0.4, -0.2) is 43.2 Å². The van der Waals surface area contributed by atoms with E-state index in [0.29, 0.717) is 11.5 Å². The SMILES string of the molecule is CC(C)OC(=O)OCOc1ccc2c(c1)[C@]13CCCC[C@@H]1[C@H](C2)NCC3.O=CO. The lowest BCUT2D eigenvalue weighted by atomic mass is 9.53. The van der Waals surface area contributed by atoms with Gasteiger partial charge in [-0.25, -0.2) is 4.79 Å². The highest BCUT2D eigenvalue weighted by molar-refractivity contribution is 5.59. The Kier molecular flexibility index (Phi) is 7.00. The van der Waals surface area contributed by atoms with Gasteiger partial charge in [-0.15, -0.1) is 0 Å². The van der Waals surface area contributed by atoms with Gasteiger partial charge >= 0.3 is 6.16 Å². The summed E-state index contributed by atoms with van der Waals surface area (Å²) in [6.07, 6.45) is 6.71. The maximum Gasteiger partial charge on any atom is 0.511 e. The minimum Gasteiger partial charge on any atom is -0.483 e. The third-order valence-corrected chi connectivity index (χ3v) is 6.35. The number of piperidine rings is 1. The average Bonchev–Trinajstić information content (AvgIpc) is 2.68. The van der Waals surface area contributed by atoms with E-state index in [0.717, 1.165) is 24.6 Å². The van der Waals surface area contributed by atoms with Gasteiger partial charge in [0, 0.05) is 11.5 Å². The molecule has 0 spiro atoms. The van der Waals surface area contributed by atoms with Crippen LogP contribution in [0.1, 0.15) is 57.1 Å². The molecule has 2 aliphatic carbocycles. The van der Waals surface area contributed by atoms with E-state index in [1.807, 2.05) is 6.07 Å². The molecule has 2 N–H and O–H groups in total. The lowest BCUT2D eigenvalue weighted by molar-refractivity contribution is -0.122. The van der Waals surface area contributed by atoms with Crippen molar-refractivity contribution >= 4 is 12.6 Å². The normalized spacial score (nSPS) is 26.9. The number of fused-ring (bicyclic) bond motifs is 1. The molecule has 0 amide bonds. The average molecular weight is 405 g/mol. The van der Waals surface area contributed by atoms with E-state index in [2.05, 4.69) is 17.4 Å². The van der Waals surface area contributed by atoms with Crippen LogP contribution in [0.25, 0.3) is 0 Å². The Bertz CT molecular complexity index is 717. The number of nitrogens with one attached hydrogen (secondary N) is 1. The highest BCUT2D eigenvalue weighted by atomic mass is 16.8. The molecule has 1 saturated heterocycles. The summed E-state index contributed by atoms with van der Waals surface area (Å²) >= 11 is 0. The summed E-state index contributed by atoms with van der Waals surface area (Å²) in [6.45, 7) is 4.32. The molecular formula is C22H31NO6. The highest BCUT2D eigenvalue weighted by Gasteiger charge is 2.51. The fraction of sp³-hybridized carbons (Fsp3) is 0.636. The monoisotopic (exact) mass is 405 g/mol. The first kappa shape index (κ1) is 21.4.